The summed E-state index contributed by atoms with van der Waals surface area (Å²) in [6.45, 7) is 4.28. The molecule has 3 atom stereocenters. The number of ether oxygens (including phenoxy) is 1. The monoisotopic (exact) mass is 469 g/mol. The molecule has 1 saturated heterocycles. The van der Waals surface area contributed by atoms with Gasteiger partial charge in [0.1, 0.15) is 11.6 Å². The Morgan fingerprint density at radius 3 is 2.47 bits per heavy atom. The van der Waals surface area contributed by atoms with Crippen molar-refractivity contribution in [2.75, 3.05) is 41.9 Å². The minimum absolute atomic E-state index is 0.275. The molecular formula is C24H29F2N7O. The second-order valence-corrected chi connectivity index (χ2v) is 8.96. The van der Waals surface area contributed by atoms with E-state index in [1.807, 2.05) is 19.1 Å². The summed E-state index contributed by atoms with van der Waals surface area (Å²) in [6.07, 6.45) is 4.07. The first-order valence-corrected chi connectivity index (χ1v) is 11.6. The number of fused-ring (bicyclic) bond motifs is 2. The zero-order valence-electron chi connectivity index (χ0n) is 19.6. The van der Waals surface area contributed by atoms with E-state index >= 15 is 0 Å². The molecule has 1 aliphatic carbocycles. The molecular weight excluding hydrogens is 440 g/mol. The quantitative estimate of drug-likeness (QED) is 0.561. The van der Waals surface area contributed by atoms with E-state index in [1.54, 1.807) is 29.9 Å². The van der Waals surface area contributed by atoms with Crippen molar-refractivity contribution in [3.05, 3.63) is 48.2 Å². The van der Waals surface area contributed by atoms with Crippen LogP contribution in [0.15, 0.2) is 36.5 Å². The van der Waals surface area contributed by atoms with E-state index in [1.165, 1.54) is 12.1 Å². The predicted octanol–water partition coefficient (Wildman–Crippen LogP) is 3.98. The highest BCUT2D eigenvalue weighted by Crippen LogP contribution is 2.40. The van der Waals surface area contributed by atoms with Gasteiger partial charge in [0.25, 0.3) is 0 Å². The number of hydrogen-bond acceptors (Lipinski definition) is 7. The van der Waals surface area contributed by atoms with Crippen molar-refractivity contribution >= 4 is 23.3 Å². The van der Waals surface area contributed by atoms with Crippen molar-refractivity contribution in [1.29, 1.82) is 0 Å². The van der Waals surface area contributed by atoms with Crippen molar-refractivity contribution in [1.82, 2.24) is 19.7 Å². The van der Waals surface area contributed by atoms with Gasteiger partial charge >= 0.3 is 0 Å². The molecule has 0 amide bonds. The van der Waals surface area contributed by atoms with E-state index in [0.717, 1.165) is 37.7 Å². The number of rotatable bonds is 7. The van der Waals surface area contributed by atoms with Crippen molar-refractivity contribution in [2.24, 2.45) is 18.9 Å². The number of pyridine rings is 1. The summed E-state index contributed by atoms with van der Waals surface area (Å²) in [5, 5.41) is 8.14. The molecule has 0 radical (unpaired) electrons. The lowest BCUT2D eigenvalue weighted by Crippen LogP contribution is -2.48. The number of methoxy groups -OCH3 is 1. The Bertz CT molecular complexity index is 1140. The van der Waals surface area contributed by atoms with Gasteiger partial charge in [0, 0.05) is 62.4 Å². The van der Waals surface area contributed by atoms with Gasteiger partial charge < -0.3 is 19.9 Å². The molecule has 5 rings (SSSR count). The molecule has 34 heavy (non-hydrogen) atoms. The Labute approximate surface area is 197 Å². The molecule has 3 aromatic rings. The fourth-order valence-corrected chi connectivity index (χ4v) is 5.33. The molecule has 8 nitrogen and oxygen atoms in total. The summed E-state index contributed by atoms with van der Waals surface area (Å²) < 4.78 is 34.6. The van der Waals surface area contributed by atoms with Crippen molar-refractivity contribution in [3.63, 3.8) is 0 Å². The lowest BCUT2D eigenvalue weighted by atomic mass is 9.92. The van der Waals surface area contributed by atoms with Gasteiger partial charge in [0.2, 0.25) is 17.8 Å². The minimum atomic E-state index is -0.621. The normalized spacial score (nSPS) is 21.6. The second kappa shape index (κ2) is 9.08. The summed E-state index contributed by atoms with van der Waals surface area (Å²) in [5.41, 5.74) is 1.53. The Hall–Kier alpha value is -3.43. The van der Waals surface area contributed by atoms with Crippen LogP contribution in [0.25, 0.3) is 0 Å². The van der Waals surface area contributed by atoms with Crippen LogP contribution in [0.3, 0.4) is 0 Å². The number of aromatic nitrogens is 4. The lowest BCUT2D eigenvalue weighted by Gasteiger charge is -2.39. The van der Waals surface area contributed by atoms with Gasteiger partial charge in [0.15, 0.2) is 0 Å². The molecule has 2 aromatic heterocycles. The molecule has 0 spiro atoms. The summed E-state index contributed by atoms with van der Waals surface area (Å²) in [6, 6.07) is 7.75. The third-order valence-electron chi connectivity index (χ3n) is 6.88. The smallest absolute Gasteiger partial charge is 0.244 e. The summed E-state index contributed by atoms with van der Waals surface area (Å²) in [4.78, 5) is 13.1. The highest BCUT2D eigenvalue weighted by Gasteiger charge is 2.42. The number of piperidine rings is 1. The molecule has 1 N–H and O–H groups in total. The molecule has 2 aliphatic rings. The van der Waals surface area contributed by atoms with Crippen LogP contribution in [0.2, 0.25) is 0 Å². The van der Waals surface area contributed by atoms with E-state index in [9.17, 15) is 8.78 Å². The molecule has 2 bridgehead atoms. The summed E-state index contributed by atoms with van der Waals surface area (Å²) in [5.74, 6) is 1.37. The van der Waals surface area contributed by atoms with Crippen molar-refractivity contribution in [2.45, 2.75) is 25.8 Å². The first kappa shape index (κ1) is 22.4. The number of benzene rings is 1. The largest absolute Gasteiger partial charge is 0.481 e. The number of aryl methyl sites for hydroxylation is 1. The van der Waals surface area contributed by atoms with Gasteiger partial charge in [0.05, 0.1) is 7.11 Å². The van der Waals surface area contributed by atoms with Crippen LogP contribution >= 0.6 is 0 Å². The average Bonchev–Trinajstić information content (AvgIpc) is 3.27. The van der Waals surface area contributed by atoms with Crippen molar-refractivity contribution < 1.29 is 13.5 Å². The SMILES string of the molecule is CCN(c1cc(F)cc(F)c1)c1nc(NC2[C@@H]3CC[C@H]2CN(c2ccnc(OC)c2)C3)nn1C. The maximum atomic E-state index is 13.8. The van der Waals surface area contributed by atoms with E-state index < -0.39 is 11.6 Å². The van der Waals surface area contributed by atoms with Crippen LogP contribution in [-0.4, -0.2) is 52.5 Å². The second-order valence-electron chi connectivity index (χ2n) is 8.96. The van der Waals surface area contributed by atoms with Gasteiger partial charge in [-0.05, 0) is 49.8 Å². The zero-order valence-corrected chi connectivity index (χ0v) is 19.6. The maximum Gasteiger partial charge on any atom is 0.244 e. The highest BCUT2D eigenvalue weighted by atomic mass is 19.1. The highest BCUT2D eigenvalue weighted by molar-refractivity contribution is 5.58. The molecule has 3 heterocycles. The Morgan fingerprint density at radius 1 is 1.12 bits per heavy atom. The predicted molar refractivity (Wildman–Crippen MR) is 127 cm³/mol. The Balaban J connectivity index is 1.32. The number of anilines is 4. The fraction of sp³-hybridized carbons (Fsp3) is 0.458. The van der Waals surface area contributed by atoms with E-state index in [-0.39, 0.29) is 6.04 Å². The fourth-order valence-electron chi connectivity index (χ4n) is 5.33. The Kier molecular flexibility index (Phi) is 5.97. The van der Waals surface area contributed by atoms with Gasteiger partial charge in [-0.3, -0.25) is 0 Å². The summed E-state index contributed by atoms with van der Waals surface area (Å²) >= 11 is 0. The molecule has 1 saturated carbocycles. The van der Waals surface area contributed by atoms with Crippen molar-refractivity contribution in [3.8, 4) is 5.88 Å². The number of nitrogens with one attached hydrogen (secondary N) is 1. The van der Waals surface area contributed by atoms with Gasteiger partial charge in [-0.2, -0.15) is 4.98 Å². The number of halogens is 2. The van der Waals surface area contributed by atoms with Crippen LogP contribution in [0.5, 0.6) is 5.88 Å². The van der Waals surface area contributed by atoms with Crippen LogP contribution in [0, 0.1) is 23.5 Å². The van der Waals surface area contributed by atoms with E-state index in [4.69, 9.17) is 9.72 Å². The molecule has 2 fully saturated rings. The summed E-state index contributed by atoms with van der Waals surface area (Å²) in [7, 11) is 3.42. The average molecular weight is 470 g/mol. The van der Waals surface area contributed by atoms with E-state index in [2.05, 4.69) is 20.3 Å². The van der Waals surface area contributed by atoms with E-state index in [0.29, 0.717) is 41.8 Å². The number of hydrogen-bond donors (Lipinski definition) is 1. The lowest BCUT2D eigenvalue weighted by molar-refractivity contribution is 0.374. The van der Waals surface area contributed by atoms with Gasteiger partial charge in [-0.1, -0.05) is 0 Å². The molecule has 1 aliphatic heterocycles. The standard InChI is InChI=1S/C24H29F2N7O/c1-4-33(20-10-17(25)9-18(26)11-20)24-29-23(30-31(24)2)28-22-15-5-6-16(22)14-32(13-15)19-7-8-27-21(12-19)34-3/h7-12,15-16,22H,4-6,13-14H2,1-3H3,(H,28,30)/t15-,16+,22?. The Morgan fingerprint density at radius 2 is 1.82 bits per heavy atom. The molecule has 10 heteroatoms. The first-order chi connectivity index (χ1) is 16.4. The topological polar surface area (TPSA) is 71.3 Å². The van der Waals surface area contributed by atoms with Crippen LogP contribution in [-0.2, 0) is 7.05 Å². The zero-order chi connectivity index (χ0) is 23.8. The maximum absolute atomic E-state index is 13.8. The van der Waals surface area contributed by atoms with Crippen LogP contribution < -0.4 is 19.9 Å². The molecule has 180 valence electrons. The van der Waals surface area contributed by atoms with Crippen LogP contribution in [0.1, 0.15) is 19.8 Å². The molecule has 1 aromatic carbocycles. The van der Waals surface area contributed by atoms with Gasteiger partial charge in [-0.25, -0.2) is 18.4 Å². The van der Waals surface area contributed by atoms with Crippen LogP contribution in [0.4, 0.5) is 32.1 Å². The third-order valence-corrected chi connectivity index (χ3v) is 6.88. The number of nitrogens with zero attached hydrogens (tertiary/aromatic N) is 6. The van der Waals surface area contributed by atoms with Gasteiger partial charge in [-0.15, -0.1) is 5.10 Å². The molecule has 1 unspecified atom stereocenters. The third kappa shape index (κ3) is 4.24. The first-order valence-electron chi connectivity index (χ1n) is 11.6. The minimum Gasteiger partial charge on any atom is -0.481 e.